The van der Waals surface area contributed by atoms with E-state index in [9.17, 15) is 4.79 Å². The molecule has 0 saturated carbocycles. The van der Waals surface area contributed by atoms with Crippen molar-refractivity contribution in [2.75, 3.05) is 19.8 Å². The van der Waals surface area contributed by atoms with Crippen LogP contribution in [0.5, 0.6) is 0 Å². The molecule has 0 spiro atoms. The molecule has 0 atom stereocenters. The highest BCUT2D eigenvalue weighted by Crippen LogP contribution is 2.24. The average Bonchev–Trinajstić information content (AvgIpc) is 2.75. The molecule has 0 radical (unpaired) electrons. The van der Waals surface area contributed by atoms with E-state index in [1.165, 1.54) is 0 Å². The summed E-state index contributed by atoms with van der Waals surface area (Å²) in [6, 6.07) is 0. The largest absolute Gasteiger partial charge is 0.466 e. The van der Waals surface area contributed by atoms with Crippen molar-refractivity contribution in [3.8, 4) is 0 Å². The predicted octanol–water partition coefficient (Wildman–Crippen LogP) is 2.82. The van der Waals surface area contributed by atoms with E-state index in [0.29, 0.717) is 26.2 Å². The molecular weight excluding hydrogens is 232 g/mol. The Hall–Kier alpha value is -0.870. The van der Waals surface area contributed by atoms with Crippen molar-refractivity contribution in [2.24, 2.45) is 0 Å². The smallest absolute Gasteiger partial charge is 0.306 e. The number of hydrogen-bond acceptors (Lipinski definition) is 4. The first-order chi connectivity index (χ1) is 8.66. The SMILES string of the molecule is CCOC(=O)CCC=CCCCC1(C)OCCO1. The van der Waals surface area contributed by atoms with Crippen molar-refractivity contribution in [2.45, 2.75) is 51.7 Å². The molecular formula is C14H24O4. The number of ether oxygens (including phenoxy) is 3. The lowest BCUT2D eigenvalue weighted by atomic mass is 10.1. The van der Waals surface area contributed by atoms with Gasteiger partial charge in [-0.25, -0.2) is 0 Å². The zero-order valence-electron chi connectivity index (χ0n) is 11.4. The van der Waals surface area contributed by atoms with Crippen LogP contribution in [-0.4, -0.2) is 31.6 Å². The first-order valence-electron chi connectivity index (χ1n) is 6.75. The summed E-state index contributed by atoms with van der Waals surface area (Å²) in [6.07, 6.45) is 8.30. The van der Waals surface area contributed by atoms with Gasteiger partial charge in [-0.1, -0.05) is 12.2 Å². The second kappa shape index (κ2) is 8.27. The Labute approximate surface area is 109 Å². The Bertz CT molecular complexity index is 267. The average molecular weight is 256 g/mol. The van der Waals surface area contributed by atoms with Crippen LogP contribution >= 0.6 is 0 Å². The number of unbranched alkanes of at least 4 members (excludes halogenated alkanes) is 1. The Morgan fingerprint density at radius 2 is 1.94 bits per heavy atom. The standard InChI is InChI=1S/C14H24O4/c1-3-16-13(15)9-7-5-4-6-8-10-14(2)17-11-12-18-14/h4-5H,3,6-12H2,1-2H3. The van der Waals surface area contributed by atoms with Crippen molar-refractivity contribution < 1.29 is 19.0 Å². The number of hydrogen-bond donors (Lipinski definition) is 0. The monoisotopic (exact) mass is 256 g/mol. The second-order valence-corrected chi connectivity index (χ2v) is 4.54. The quantitative estimate of drug-likeness (QED) is 0.380. The summed E-state index contributed by atoms with van der Waals surface area (Å²) in [6.45, 7) is 5.67. The van der Waals surface area contributed by atoms with Gasteiger partial charge in [0.05, 0.1) is 19.8 Å². The van der Waals surface area contributed by atoms with E-state index in [1.807, 2.05) is 19.9 Å². The molecule has 1 heterocycles. The molecule has 1 aliphatic rings. The maximum absolute atomic E-state index is 11.1. The van der Waals surface area contributed by atoms with E-state index in [0.717, 1.165) is 25.7 Å². The fourth-order valence-electron chi connectivity index (χ4n) is 1.91. The zero-order valence-corrected chi connectivity index (χ0v) is 11.4. The van der Waals surface area contributed by atoms with Gasteiger partial charge in [0, 0.05) is 12.8 Å². The highest BCUT2D eigenvalue weighted by Gasteiger charge is 2.29. The van der Waals surface area contributed by atoms with Gasteiger partial charge < -0.3 is 14.2 Å². The topological polar surface area (TPSA) is 44.8 Å². The van der Waals surface area contributed by atoms with Crippen LogP contribution in [0.4, 0.5) is 0 Å². The molecule has 0 amide bonds. The summed E-state index contributed by atoms with van der Waals surface area (Å²) in [7, 11) is 0. The van der Waals surface area contributed by atoms with Crippen LogP contribution in [0.15, 0.2) is 12.2 Å². The van der Waals surface area contributed by atoms with Crippen molar-refractivity contribution in [3.63, 3.8) is 0 Å². The minimum Gasteiger partial charge on any atom is -0.466 e. The Morgan fingerprint density at radius 3 is 2.61 bits per heavy atom. The summed E-state index contributed by atoms with van der Waals surface area (Å²) in [4.78, 5) is 11.1. The predicted molar refractivity (Wildman–Crippen MR) is 69.2 cm³/mol. The molecule has 0 aromatic rings. The number of esters is 1. The van der Waals surface area contributed by atoms with Crippen LogP contribution in [0, 0.1) is 0 Å². The van der Waals surface area contributed by atoms with Gasteiger partial charge in [0.2, 0.25) is 0 Å². The molecule has 1 fully saturated rings. The highest BCUT2D eigenvalue weighted by molar-refractivity contribution is 5.69. The summed E-state index contributed by atoms with van der Waals surface area (Å²) >= 11 is 0. The van der Waals surface area contributed by atoms with Crippen molar-refractivity contribution in [1.29, 1.82) is 0 Å². The molecule has 1 aliphatic heterocycles. The van der Waals surface area contributed by atoms with Crippen LogP contribution in [0.1, 0.15) is 46.0 Å². The van der Waals surface area contributed by atoms with Gasteiger partial charge in [-0.3, -0.25) is 4.79 Å². The molecule has 0 aromatic carbocycles. The molecule has 0 aromatic heterocycles. The van der Waals surface area contributed by atoms with E-state index in [-0.39, 0.29) is 11.8 Å². The van der Waals surface area contributed by atoms with E-state index in [2.05, 4.69) is 6.08 Å². The maximum Gasteiger partial charge on any atom is 0.306 e. The van der Waals surface area contributed by atoms with Gasteiger partial charge in [0.1, 0.15) is 0 Å². The van der Waals surface area contributed by atoms with Crippen LogP contribution in [-0.2, 0) is 19.0 Å². The minimum atomic E-state index is -0.376. The van der Waals surface area contributed by atoms with Gasteiger partial charge in [-0.2, -0.15) is 0 Å². The molecule has 0 bridgehead atoms. The first-order valence-corrected chi connectivity index (χ1v) is 6.75. The molecule has 0 aliphatic carbocycles. The summed E-state index contributed by atoms with van der Waals surface area (Å²) < 4.78 is 15.9. The first kappa shape index (κ1) is 15.2. The third-order valence-corrected chi connectivity index (χ3v) is 2.89. The third-order valence-electron chi connectivity index (χ3n) is 2.89. The molecule has 18 heavy (non-hydrogen) atoms. The lowest BCUT2D eigenvalue weighted by Gasteiger charge is -2.21. The molecule has 1 rings (SSSR count). The minimum absolute atomic E-state index is 0.123. The number of rotatable bonds is 8. The molecule has 1 saturated heterocycles. The van der Waals surface area contributed by atoms with Gasteiger partial charge in [0.25, 0.3) is 0 Å². The molecule has 4 nitrogen and oxygen atoms in total. The number of carbonyl (C=O) groups excluding carboxylic acids is 1. The van der Waals surface area contributed by atoms with E-state index in [1.54, 1.807) is 0 Å². The van der Waals surface area contributed by atoms with Gasteiger partial charge >= 0.3 is 5.97 Å². The fraction of sp³-hybridized carbons (Fsp3) is 0.786. The van der Waals surface area contributed by atoms with Gasteiger partial charge in [-0.05, 0) is 33.1 Å². The van der Waals surface area contributed by atoms with Crippen LogP contribution < -0.4 is 0 Å². The normalized spacial score (nSPS) is 18.3. The number of carbonyl (C=O) groups is 1. The lowest BCUT2D eigenvalue weighted by Crippen LogP contribution is -2.24. The van der Waals surface area contributed by atoms with Crippen LogP contribution in [0.25, 0.3) is 0 Å². The molecule has 0 unspecified atom stereocenters. The summed E-state index contributed by atoms with van der Waals surface area (Å²) in [5.74, 6) is -0.499. The summed E-state index contributed by atoms with van der Waals surface area (Å²) in [5, 5.41) is 0. The highest BCUT2D eigenvalue weighted by atomic mass is 16.7. The van der Waals surface area contributed by atoms with Crippen LogP contribution in [0.2, 0.25) is 0 Å². The lowest BCUT2D eigenvalue weighted by molar-refractivity contribution is -0.147. The Balaban J connectivity index is 1.98. The van der Waals surface area contributed by atoms with E-state index in [4.69, 9.17) is 14.2 Å². The Morgan fingerprint density at radius 1 is 1.28 bits per heavy atom. The molecule has 0 N–H and O–H groups in total. The van der Waals surface area contributed by atoms with E-state index >= 15 is 0 Å². The van der Waals surface area contributed by atoms with Crippen LogP contribution in [0.3, 0.4) is 0 Å². The molecule has 104 valence electrons. The summed E-state index contributed by atoms with van der Waals surface area (Å²) in [5.41, 5.74) is 0. The fourth-order valence-corrected chi connectivity index (χ4v) is 1.91. The van der Waals surface area contributed by atoms with Gasteiger partial charge in [-0.15, -0.1) is 0 Å². The second-order valence-electron chi connectivity index (χ2n) is 4.54. The number of allylic oxidation sites excluding steroid dienone is 2. The van der Waals surface area contributed by atoms with Gasteiger partial charge in [0.15, 0.2) is 5.79 Å². The maximum atomic E-state index is 11.1. The third kappa shape index (κ3) is 6.17. The van der Waals surface area contributed by atoms with E-state index < -0.39 is 0 Å². The van der Waals surface area contributed by atoms with Crippen molar-refractivity contribution >= 4 is 5.97 Å². The molecule has 4 heteroatoms. The zero-order chi connectivity index (χ0) is 13.3. The van der Waals surface area contributed by atoms with Crippen molar-refractivity contribution in [3.05, 3.63) is 12.2 Å². The Kier molecular flexibility index (Phi) is 6.98. The van der Waals surface area contributed by atoms with Crippen molar-refractivity contribution in [1.82, 2.24) is 0 Å².